The molecule has 1 aromatic heterocycles. The third-order valence-corrected chi connectivity index (χ3v) is 5.62. The summed E-state index contributed by atoms with van der Waals surface area (Å²) >= 11 is 25.9. The van der Waals surface area contributed by atoms with E-state index < -0.39 is 0 Å². The lowest BCUT2D eigenvalue weighted by Gasteiger charge is -2.30. The van der Waals surface area contributed by atoms with Crippen LogP contribution in [0.2, 0.25) is 9.36 Å². The Morgan fingerprint density at radius 3 is 2.00 bits per heavy atom. The number of hydrogen-bond acceptors (Lipinski definition) is 1. The van der Waals surface area contributed by atoms with Crippen LogP contribution in [0.5, 0.6) is 0 Å². The van der Waals surface area contributed by atoms with Gasteiger partial charge >= 0.3 is 0 Å². The van der Waals surface area contributed by atoms with Crippen molar-refractivity contribution in [1.82, 2.24) is 0 Å². The van der Waals surface area contributed by atoms with Crippen LogP contribution in [0.1, 0.15) is 10.4 Å². The first-order valence-corrected chi connectivity index (χ1v) is 8.36. The van der Waals surface area contributed by atoms with Crippen LogP contribution in [0.15, 0.2) is 36.4 Å². The van der Waals surface area contributed by atoms with Crippen LogP contribution in [-0.2, 0) is 11.8 Å². The molecule has 2 aromatic rings. The molecule has 0 bridgehead atoms. The van der Waals surface area contributed by atoms with Gasteiger partial charge in [0, 0.05) is 27.1 Å². The zero-order valence-electron chi connectivity index (χ0n) is 10.0. The second-order valence-electron chi connectivity index (χ2n) is 4.44. The molecule has 1 aromatic carbocycles. The molecule has 5 heteroatoms. The molecule has 19 heavy (non-hydrogen) atoms. The van der Waals surface area contributed by atoms with Crippen LogP contribution >= 0.6 is 57.7 Å². The Morgan fingerprint density at radius 1 is 0.895 bits per heavy atom. The molecule has 0 amide bonds. The quantitative estimate of drug-likeness (QED) is 0.577. The lowest BCUT2D eigenvalue weighted by Crippen LogP contribution is -2.33. The third kappa shape index (κ3) is 3.59. The van der Waals surface area contributed by atoms with Crippen LogP contribution in [0.3, 0.4) is 0 Å². The zero-order valence-corrected chi connectivity index (χ0v) is 13.8. The van der Waals surface area contributed by atoms with Gasteiger partial charge in [-0.05, 0) is 36.2 Å². The molecular weight excluding hydrogens is 342 g/mol. The fraction of sp³-hybridized carbons (Fsp3) is 0.286. The third-order valence-electron chi connectivity index (χ3n) is 3.11. The lowest BCUT2D eigenvalue weighted by atomic mass is 9.80. The first-order chi connectivity index (χ1) is 9.09. The van der Waals surface area contributed by atoms with Crippen molar-refractivity contribution >= 4 is 57.7 Å². The standard InChI is InChI=1S/C14H12Cl4S/c15-8-14(9-16,7-12-5-6-13(18)19-12)10-1-3-11(17)4-2-10/h1-6H,7-9H2. The second-order valence-corrected chi connectivity index (χ2v) is 7.21. The predicted octanol–water partition coefficient (Wildman–Crippen LogP) is 6.01. The number of benzene rings is 1. The van der Waals surface area contributed by atoms with Crippen LogP contribution in [-0.4, -0.2) is 11.8 Å². The molecule has 0 aliphatic heterocycles. The van der Waals surface area contributed by atoms with E-state index in [1.54, 1.807) is 11.3 Å². The van der Waals surface area contributed by atoms with Crippen molar-refractivity contribution in [2.75, 3.05) is 11.8 Å². The van der Waals surface area contributed by atoms with Gasteiger partial charge < -0.3 is 0 Å². The highest BCUT2D eigenvalue weighted by atomic mass is 35.5. The molecule has 0 spiro atoms. The molecule has 102 valence electrons. The van der Waals surface area contributed by atoms with Crippen molar-refractivity contribution in [3.8, 4) is 0 Å². The van der Waals surface area contributed by atoms with Gasteiger partial charge in [-0.3, -0.25) is 0 Å². The maximum atomic E-state index is 6.21. The number of rotatable bonds is 5. The Hall–Kier alpha value is 0.0800. The zero-order chi connectivity index (χ0) is 13.9. The van der Waals surface area contributed by atoms with Crippen molar-refractivity contribution in [2.24, 2.45) is 0 Å². The minimum absolute atomic E-state index is 0.290. The first-order valence-electron chi connectivity index (χ1n) is 5.72. The van der Waals surface area contributed by atoms with Gasteiger partial charge in [0.1, 0.15) is 0 Å². The number of alkyl halides is 2. The maximum absolute atomic E-state index is 6.21. The van der Waals surface area contributed by atoms with Gasteiger partial charge in [-0.15, -0.1) is 34.5 Å². The van der Waals surface area contributed by atoms with Crippen LogP contribution in [0.4, 0.5) is 0 Å². The molecule has 2 rings (SSSR count). The molecule has 0 fully saturated rings. The molecule has 0 saturated heterocycles. The first kappa shape index (κ1) is 15.5. The summed E-state index contributed by atoms with van der Waals surface area (Å²) in [4.78, 5) is 1.18. The van der Waals surface area contributed by atoms with E-state index in [0.717, 1.165) is 16.3 Å². The highest BCUT2D eigenvalue weighted by Gasteiger charge is 2.31. The summed E-state index contributed by atoms with van der Waals surface area (Å²) in [6.45, 7) is 0. The van der Waals surface area contributed by atoms with E-state index in [1.165, 1.54) is 4.88 Å². The summed E-state index contributed by atoms with van der Waals surface area (Å²) in [5.41, 5.74) is 0.813. The summed E-state index contributed by atoms with van der Waals surface area (Å²) in [5, 5.41) is 0.709. The summed E-state index contributed by atoms with van der Waals surface area (Å²) < 4.78 is 0.782. The SMILES string of the molecule is ClCC(CCl)(Cc1ccc(Cl)s1)c1ccc(Cl)cc1. The van der Waals surface area contributed by atoms with E-state index in [2.05, 4.69) is 0 Å². The predicted molar refractivity (Wildman–Crippen MR) is 87.6 cm³/mol. The van der Waals surface area contributed by atoms with Crippen molar-refractivity contribution in [1.29, 1.82) is 0 Å². The number of halogens is 4. The smallest absolute Gasteiger partial charge is 0.0931 e. The molecular formula is C14H12Cl4S. The number of thiophene rings is 1. The van der Waals surface area contributed by atoms with E-state index in [9.17, 15) is 0 Å². The fourth-order valence-electron chi connectivity index (χ4n) is 1.97. The Morgan fingerprint density at radius 2 is 1.53 bits per heavy atom. The van der Waals surface area contributed by atoms with Gasteiger partial charge in [-0.2, -0.15) is 0 Å². The van der Waals surface area contributed by atoms with E-state index >= 15 is 0 Å². The second kappa shape index (κ2) is 6.69. The Balaban J connectivity index is 2.33. The molecule has 1 heterocycles. The van der Waals surface area contributed by atoms with Gasteiger partial charge in [0.25, 0.3) is 0 Å². The summed E-state index contributed by atoms with van der Waals surface area (Å²) in [7, 11) is 0. The molecule has 0 N–H and O–H groups in total. The van der Waals surface area contributed by atoms with Gasteiger partial charge in [-0.25, -0.2) is 0 Å². The molecule has 0 unspecified atom stereocenters. The molecule has 0 nitrogen and oxygen atoms in total. The van der Waals surface area contributed by atoms with Crippen molar-refractivity contribution < 1.29 is 0 Å². The van der Waals surface area contributed by atoms with E-state index in [1.807, 2.05) is 36.4 Å². The maximum Gasteiger partial charge on any atom is 0.0931 e. The highest BCUT2D eigenvalue weighted by Crippen LogP contribution is 2.35. The monoisotopic (exact) mass is 352 g/mol. The topological polar surface area (TPSA) is 0 Å². The summed E-state index contributed by atoms with van der Waals surface area (Å²) in [6, 6.07) is 11.6. The van der Waals surface area contributed by atoms with Gasteiger partial charge in [0.05, 0.1) is 4.34 Å². The van der Waals surface area contributed by atoms with Gasteiger partial charge in [-0.1, -0.05) is 35.3 Å². The molecule has 0 atom stereocenters. The lowest BCUT2D eigenvalue weighted by molar-refractivity contribution is 0.541. The van der Waals surface area contributed by atoms with Gasteiger partial charge in [0.2, 0.25) is 0 Å². The van der Waals surface area contributed by atoms with Crippen molar-refractivity contribution in [3.05, 3.63) is 56.2 Å². The average molecular weight is 354 g/mol. The Kier molecular flexibility index (Phi) is 5.45. The van der Waals surface area contributed by atoms with Crippen LogP contribution < -0.4 is 0 Å². The Labute approximate surface area is 137 Å². The van der Waals surface area contributed by atoms with Crippen molar-refractivity contribution in [3.63, 3.8) is 0 Å². The molecule has 0 aliphatic carbocycles. The van der Waals surface area contributed by atoms with Crippen molar-refractivity contribution in [2.45, 2.75) is 11.8 Å². The van der Waals surface area contributed by atoms with E-state index in [0.29, 0.717) is 16.8 Å². The minimum Gasteiger partial charge on any atom is -0.128 e. The fourth-order valence-corrected chi connectivity index (χ4v) is 4.11. The largest absolute Gasteiger partial charge is 0.128 e. The van der Waals surface area contributed by atoms with E-state index in [4.69, 9.17) is 46.4 Å². The Bertz CT molecular complexity index is 529. The molecule has 0 aliphatic rings. The summed E-state index contributed by atoms with van der Waals surface area (Å²) in [5.74, 6) is 0.904. The van der Waals surface area contributed by atoms with Gasteiger partial charge in [0.15, 0.2) is 0 Å². The summed E-state index contributed by atoms with van der Waals surface area (Å²) in [6.07, 6.45) is 0.777. The van der Waals surface area contributed by atoms with Crippen LogP contribution in [0.25, 0.3) is 0 Å². The van der Waals surface area contributed by atoms with Crippen LogP contribution in [0, 0.1) is 0 Å². The normalized spacial score (nSPS) is 11.8. The molecule has 0 saturated carbocycles. The number of hydrogen-bond donors (Lipinski definition) is 0. The average Bonchev–Trinajstić information content (AvgIpc) is 2.82. The molecule has 0 radical (unpaired) electrons. The highest BCUT2D eigenvalue weighted by molar-refractivity contribution is 7.16. The van der Waals surface area contributed by atoms with E-state index in [-0.39, 0.29) is 5.41 Å². The minimum atomic E-state index is -0.290.